The molecule has 2 atom stereocenters. The van der Waals surface area contributed by atoms with Crippen LogP contribution in [0.1, 0.15) is 28.4 Å². The highest BCUT2D eigenvalue weighted by atomic mass is 32.2. The van der Waals surface area contributed by atoms with Gasteiger partial charge in [-0.25, -0.2) is 0 Å². The molecule has 0 radical (unpaired) electrons. The quantitative estimate of drug-likeness (QED) is 0.916. The van der Waals surface area contributed by atoms with E-state index in [9.17, 15) is 13.8 Å². The third-order valence-electron chi connectivity index (χ3n) is 4.31. The van der Waals surface area contributed by atoms with E-state index in [1.165, 1.54) is 0 Å². The Hall–Kier alpha value is -2.47. The number of hydrogen-bond acceptors (Lipinski definition) is 3. The van der Waals surface area contributed by atoms with Crippen molar-refractivity contribution in [1.82, 2.24) is 10.2 Å². The van der Waals surface area contributed by atoms with E-state index in [-0.39, 0.29) is 24.3 Å². The van der Waals surface area contributed by atoms with Gasteiger partial charge in [0.15, 0.2) is 0 Å². The molecule has 1 heterocycles. The third kappa shape index (κ3) is 3.96. The van der Waals surface area contributed by atoms with Crippen LogP contribution in [-0.4, -0.2) is 40.3 Å². The van der Waals surface area contributed by atoms with E-state index in [0.717, 1.165) is 5.56 Å². The van der Waals surface area contributed by atoms with Gasteiger partial charge in [0.2, 0.25) is 5.91 Å². The summed E-state index contributed by atoms with van der Waals surface area (Å²) in [5, 5.41) is 2.83. The number of nitrogens with one attached hydrogen (secondary N) is 1. The predicted molar refractivity (Wildman–Crippen MR) is 96.6 cm³/mol. The summed E-state index contributed by atoms with van der Waals surface area (Å²) in [6, 6.07) is 16.1. The monoisotopic (exact) mass is 356 g/mol. The molecule has 2 amide bonds. The van der Waals surface area contributed by atoms with Crippen molar-refractivity contribution in [3.05, 3.63) is 65.7 Å². The maximum atomic E-state index is 13.0. The van der Waals surface area contributed by atoms with Gasteiger partial charge in [0.25, 0.3) is 5.91 Å². The van der Waals surface area contributed by atoms with Crippen molar-refractivity contribution >= 4 is 22.6 Å². The van der Waals surface area contributed by atoms with Crippen LogP contribution in [0.25, 0.3) is 0 Å². The van der Waals surface area contributed by atoms with E-state index in [2.05, 4.69) is 5.32 Å². The summed E-state index contributed by atoms with van der Waals surface area (Å²) in [6.07, 6.45) is 1.85. The SMILES string of the molecule is C[S@@](=O)c1ccc(C(=O)N2CCNC(=O)C[C@H]2c2ccccc2)cc1. The molecule has 1 N–H and O–H groups in total. The minimum absolute atomic E-state index is 0.0547. The highest BCUT2D eigenvalue weighted by Crippen LogP contribution is 2.27. The molecular weight excluding hydrogens is 336 g/mol. The average Bonchev–Trinajstić information content (AvgIpc) is 2.83. The Bertz CT molecular complexity index is 790. The van der Waals surface area contributed by atoms with Crippen LogP contribution in [0.15, 0.2) is 59.5 Å². The maximum Gasteiger partial charge on any atom is 0.254 e. The van der Waals surface area contributed by atoms with Gasteiger partial charge in [0.1, 0.15) is 0 Å². The molecule has 2 aromatic carbocycles. The van der Waals surface area contributed by atoms with E-state index in [0.29, 0.717) is 23.5 Å². The van der Waals surface area contributed by atoms with E-state index >= 15 is 0 Å². The topological polar surface area (TPSA) is 66.5 Å². The number of nitrogens with zero attached hydrogens (tertiary/aromatic N) is 1. The molecule has 130 valence electrons. The number of amides is 2. The Morgan fingerprint density at radius 2 is 1.80 bits per heavy atom. The van der Waals surface area contributed by atoms with Crippen LogP contribution in [0.4, 0.5) is 0 Å². The van der Waals surface area contributed by atoms with Crippen LogP contribution in [0.2, 0.25) is 0 Å². The summed E-state index contributed by atoms with van der Waals surface area (Å²) in [4.78, 5) is 27.5. The van der Waals surface area contributed by atoms with Gasteiger partial charge >= 0.3 is 0 Å². The first-order chi connectivity index (χ1) is 12.1. The second-order valence-corrected chi connectivity index (χ2v) is 7.34. The lowest BCUT2D eigenvalue weighted by atomic mass is 10.0. The van der Waals surface area contributed by atoms with E-state index in [1.54, 1.807) is 35.4 Å². The van der Waals surface area contributed by atoms with Gasteiger partial charge < -0.3 is 10.2 Å². The Balaban J connectivity index is 1.92. The lowest BCUT2D eigenvalue weighted by Crippen LogP contribution is -2.36. The Labute approximate surface area is 149 Å². The molecule has 1 aliphatic heterocycles. The summed E-state index contributed by atoms with van der Waals surface area (Å²) in [5.41, 5.74) is 1.48. The van der Waals surface area contributed by atoms with E-state index in [1.807, 2.05) is 30.3 Å². The van der Waals surface area contributed by atoms with Gasteiger partial charge in [0.05, 0.1) is 12.5 Å². The highest BCUT2D eigenvalue weighted by molar-refractivity contribution is 7.84. The fraction of sp³-hybridized carbons (Fsp3) is 0.263. The zero-order valence-electron chi connectivity index (χ0n) is 14.0. The van der Waals surface area contributed by atoms with Crippen molar-refractivity contribution in [1.29, 1.82) is 0 Å². The van der Waals surface area contributed by atoms with Crippen LogP contribution in [0.5, 0.6) is 0 Å². The smallest absolute Gasteiger partial charge is 0.254 e. The van der Waals surface area contributed by atoms with Crippen molar-refractivity contribution in [3.63, 3.8) is 0 Å². The molecule has 1 fully saturated rings. The molecule has 0 saturated carbocycles. The molecule has 0 bridgehead atoms. The first-order valence-corrected chi connectivity index (χ1v) is 9.68. The lowest BCUT2D eigenvalue weighted by molar-refractivity contribution is -0.121. The van der Waals surface area contributed by atoms with Crippen molar-refractivity contribution in [3.8, 4) is 0 Å². The first kappa shape index (κ1) is 17.4. The van der Waals surface area contributed by atoms with Crippen LogP contribution in [0, 0.1) is 0 Å². The maximum absolute atomic E-state index is 13.0. The molecule has 2 aromatic rings. The van der Waals surface area contributed by atoms with Crippen molar-refractivity contribution < 1.29 is 13.8 Å². The van der Waals surface area contributed by atoms with Gasteiger partial charge in [-0.2, -0.15) is 0 Å². The molecule has 3 rings (SSSR count). The molecule has 5 nitrogen and oxygen atoms in total. The van der Waals surface area contributed by atoms with Crippen molar-refractivity contribution in [2.45, 2.75) is 17.4 Å². The number of carbonyl (C=O) groups is 2. The van der Waals surface area contributed by atoms with E-state index < -0.39 is 10.8 Å². The molecule has 25 heavy (non-hydrogen) atoms. The molecule has 1 aliphatic rings. The largest absolute Gasteiger partial charge is 0.354 e. The first-order valence-electron chi connectivity index (χ1n) is 8.12. The van der Waals surface area contributed by atoms with Gasteiger partial charge in [-0.15, -0.1) is 0 Å². The molecule has 0 unspecified atom stereocenters. The van der Waals surface area contributed by atoms with Crippen LogP contribution in [-0.2, 0) is 15.6 Å². The minimum Gasteiger partial charge on any atom is -0.354 e. The summed E-state index contributed by atoms with van der Waals surface area (Å²) in [5.74, 6) is -0.181. The predicted octanol–water partition coefficient (Wildman–Crippen LogP) is 2.13. The summed E-state index contributed by atoms with van der Waals surface area (Å²) >= 11 is 0. The van der Waals surface area contributed by atoms with Crippen LogP contribution < -0.4 is 5.32 Å². The fourth-order valence-corrected chi connectivity index (χ4v) is 3.52. The lowest BCUT2D eigenvalue weighted by Gasteiger charge is -2.29. The van der Waals surface area contributed by atoms with Gasteiger partial charge in [0, 0.05) is 40.6 Å². The number of carbonyl (C=O) groups excluding carboxylic acids is 2. The molecular formula is C19H20N2O3S. The number of benzene rings is 2. The van der Waals surface area contributed by atoms with Gasteiger partial charge in [-0.1, -0.05) is 30.3 Å². The average molecular weight is 356 g/mol. The van der Waals surface area contributed by atoms with Gasteiger partial charge in [-0.3, -0.25) is 13.8 Å². The second kappa shape index (κ2) is 7.61. The Kier molecular flexibility index (Phi) is 5.28. The molecule has 0 spiro atoms. The standard InChI is InChI=1S/C19H20N2O3S/c1-25(24)16-9-7-15(8-10-16)19(23)21-12-11-20-18(22)13-17(21)14-5-3-2-4-6-14/h2-10,17H,11-13H2,1H3,(H,20,22)/t17-,25+/m0/s1. The number of rotatable bonds is 3. The zero-order chi connectivity index (χ0) is 17.8. The highest BCUT2D eigenvalue weighted by Gasteiger charge is 2.30. The minimum atomic E-state index is -1.08. The van der Waals surface area contributed by atoms with Crippen molar-refractivity contribution in [2.75, 3.05) is 19.3 Å². The summed E-state index contributed by atoms with van der Waals surface area (Å²) < 4.78 is 11.5. The van der Waals surface area contributed by atoms with Crippen LogP contribution >= 0.6 is 0 Å². The van der Waals surface area contributed by atoms with E-state index in [4.69, 9.17) is 0 Å². The summed E-state index contributed by atoms with van der Waals surface area (Å²) in [6.45, 7) is 0.885. The second-order valence-electron chi connectivity index (χ2n) is 5.96. The summed E-state index contributed by atoms with van der Waals surface area (Å²) in [7, 11) is -1.08. The Morgan fingerprint density at radius 1 is 1.12 bits per heavy atom. The third-order valence-corrected chi connectivity index (χ3v) is 5.24. The molecule has 0 aliphatic carbocycles. The Morgan fingerprint density at radius 3 is 2.44 bits per heavy atom. The molecule has 6 heteroatoms. The molecule has 1 saturated heterocycles. The number of hydrogen-bond donors (Lipinski definition) is 1. The van der Waals surface area contributed by atoms with Crippen LogP contribution in [0.3, 0.4) is 0 Å². The zero-order valence-corrected chi connectivity index (χ0v) is 14.8. The van der Waals surface area contributed by atoms with Crippen molar-refractivity contribution in [2.24, 2.45) is 0 Å². The molecule has 0 aromatic heterocycles. The fourth-order valence-electron chi connectivity index (χ4n) is 3.00. The normalized spacial score (nSPS) is 19.0. The van der Waals surface area contributed by atoms with Gasteiger partial charge in [-0.05, 0) is 29.8 Å².